The number of amides is 1. The van der Waals surface area contributed by atoms with Crippen LogP contribution >= 0.6 is 0 Å². The first-order valence-corrected chi connectivity index (χ1v) is 9.70. The normalized spacial score (nSPS) is 11.9. The number of ether oxygens (including phenoxy) is 1. The first-order chi connectivity index (χ1) is 13.5. The maximum Gasteiger partial charge on any atom is 0.251 e. The lowest BCUT2D eigenvalue weighted by atomic mass is 10.0. The summed E-state index contributed by atoms with van der Waals surface area (Å²) in [5.41, 5.74) is 4.80. The Bertz CT molecular complexity index is 985. The number of fused-ring (bicyclic) bond motifs is 1. The standard InChI is InChI=1S/C23H27N3O2/c1-5-24-20-10-7-17(13-15(20)3)16(4)25-23(27)19-8-11-21-18(14-19)9-12-22(26-21)28-6-2/h7-14,16,24H,5-6H2,1-4H3,(H,25,27)/t16-/m1/s1. The van der Waals surface area contributed by atoms with Crippen molar-refractivity contribution in [2.75, 3.05) is 18.5 Å². The van der Waals surface area contributed by atoms with Crippen molar-refractivity contribution >= 4 is 22.5 Å². The number of nitrogens with zero attached hydrogens (tertiary/aromatic N) is 1. The molecule has 0 aliphatic heterocycles. The van der Waals surface area contributed by atoms with Crippen LogP contribution < -0.4 is 15.4 Å². The predicted molar refractivity (Wildman–Crippen MR) is 114 cm³/mol. The van der Waals surface area contributed by atoms with Gasteiger partial charge in [0.15, 0.2) is 0 Å². The van der Waals surface area contributed by atoms with E-state index in [0.717, 1.165) is 28.7 Å². The second kappa shape index (κ2) is 8.74. The molecule has 1 amide bonds. The molecule has 2 N–H and O–H groups in total. The number of hydrogen-bond donors (Lipinski definition) is 2. The van der Waals surface area contributed by atoms with Gasteiger partial charge in [0.1, 0.15) is 0 Å². The molecule has 0 aliphatic carbocycles. The van der Waals surface area contributed by atoms with Gasteiger partial charge in [-0.2, -0.15) is 0 Å². The smallest absolute Gasteiger partial charge is 0.251 e. The van der Waals surface area contributed by atoms with Gasteiger partial charge >= 0.3 is 0 Å². The van der Waals surface area contributed by atoms with Crippen LogP contribution in [0, 0.1) is 6.92 Å². The van der Waals surface area contributed by atoms with Crippen LogP contribution in [0.5, 0.6) is 5.88 Å². The molecule has 0 saturated carbocycles. The number of rotatable bonds is 7. The van der Waals surface area contributed by atoms with Gasteiger partial charge in [0.05, 0.1) is 18.2 Å². The third-order valence-electron chi connectivity index (χ3n) is 4.68. The van der Waals surface area contributed by atoms with Crippen molar-refractivity contribution in [2.45, 2.75) is 33.7 Å². The Balaban J connectivity index is 1.74. The molecule has 1 atom stereocenters. The second-order valence-corrected chi connectivity index (χ2v) is 6.79. The summed E-state index contributed by atoms with van der Waals surface area (Å²) in [5.74, 6) is 0.494. The fourth-order valence-corrected chi connectivity index (χ4v) is 3.18. The SMILES string of the molecule is CCNc1ccc([C@@H](C)NC(=O)c2ccc3nc(OCC)ccc3c2)cc1C. The van der Waals surface area contributed by atoms with Crippen molar-refractivity contribution in [2.24, 2.45) is 0 Å². The molecule has 0 spiro atoms. The third kappa shape index (κ3) is 4.42. The maximum atomic E-state index is 12.7. The van der Waals surface area contributed by atoms with Crippen LogP contribution in [-0.2, 0) is 0 Å². The summed E-state index contributed by atoms with van der Waals surface area (Å²) in [6.07, 6.45) is 0. The Labute approximate surface area is 166 Å². The minimum atomic E-state index is -0.100. The van der Waals surface area contributed by atoms with E-state index >= 15 is 0 Å². The number of carbonyl (C=O) groups excluding carboxylic acids is 1. The van der Waals surface area contributed by atoms with Gasteiger partial charge in [-0.05, 0) is 69.2 Å². The molecule has 2 aromatic carbocycles. The molecule has 3 aromatic rings. The summed E-state index contributed by atoms with van der Waals surface area (Å²) in [5, 5.41) is 7.33. The van der Waals surface area contributed by atoms with Crippen molar-refractivity contribution in [1.29, 1.82) is 0 Å². The Morgan fingerprint density at radius 3 is 2.64 bits per heavy atom. The quantitative estimate of drug-likeness (QED) is 0.617. The van der Waals surface area contributed by atoms with Gasteiger partial charge in [-0.3, -0.25) is 4.79 Å². The minimum absolute atomic E-state index is 0.0870. The van der Waals surface area contributed by atoms with Crippen LogP contribution in [0.3, 0.4) is 0 Å². The summed E-state index contributed by atoms with van der Waals surface area (Å²) in [6.45, 7) is 9.53. The topological polar surface area (TPSA) is 63.2 Å². The number of carbonyl (C=O) groups is 1. The van der Waals surface area contributed by atoms with E-state index in [-0.39, 0.29) is 11.9 Å². The van der Waals surface area contributed by atoms with Gasteiger partial charge in [-0.15, -0.1) is 0 Å². The van der Waals surface area contributed by atoms with Gasteiger partial charge in [0.2, 0.25) is 5.88 Å². The van der Waals surface area contributed by atoms with Crippen molar-refractivity contribution in [3.05, 3.63) is 65.2 Å². The van der Waals surface area contributed by atoms with Crippen LogP contribution in [0.2, 0.25) is 0 Å². The molecule has 0 aliphatic rings. The number of nitrogens with one attached hydrogen (secondary N) is 2. The second-order valence-electron chi connectivity index (χ2n) is 6.79. The molecule has 0 saturated heterocycles. The highest BCUT2D eigenvalue weighted by Gasteiger charge is 2.13. The maximum absolute atomic E-state index is 12.7. The molecule has 5 heteroatoms. The minimum Gasteiger partial charge on any atom is -0.478 e. The predicted octanol–water partition coefficient (Wildman–Crippen LogP) is 4.86. The molecule has 146 valence electrons. The van der Waals surface area contributed by atoms with Crippen LogP contribution in [0.4, 0.5) is 5.69 Å². The van der Waals surface area contributed by atoms with Crippen LogP contribution in [0.25, 0.3) is 10.9 Å². The molecule has 28 heavy (non-hydrogen) atoms. The third-order valence-corrected chi connectivity index (χ3v) is 4.68. The lowest BCUT2D eigenvalue weighted by molar-refractivity contribution is 0.0940. The number of aryl methyl sites for hydroxylation is 1. The Morgan fingerprint density at radius 2 is 1.93 bits per heavy atom. The van der Waals surface area contributed by atoms with Crippen molar-refractivity contribution < 1.29 is 9.53 Å². The lowest BCUT2D eigenvalue weighted by Gasteiger charge is -2.17. The number of benzene rings is 2. The molecular weight excluding hydrogens is 350 g/mol. The van der Waals surface area contributed by atoms with Gasteiger partial charge in [-0.1, -0.05) is 12.1 Å². The summed E-state index contributed by atoms with van der Waals surface area (Å²) in [7, 11) is 0. The van der Waals surface area contributed by atoms with Crippen LogP contribution in [-0.4, -0.2) is 24.0 Å². The first kappa shape index (κ1) is 19.7. The highest BCUT2D eigenvalue weighted by Crippen LogP contribution is 2.22. The van der Waals surface area contributed by atoms with Crippen LogP contribution in [0.1, 0.15) is 48.3 Å². The van der Waals surface area contributed by atoms with Crippen molar-refractivity contribution in [3.63, 3.8) is 0 Å². The average Bonchev–Trinajstić information content (AvgIpc) is 2.69. The Kier molecular flexibility index (Phi) is 6.14. The van der Waals surface area contributed by atoms with E-state index in [1.54, 1.807) is 6.07 Å². The Morgan fingerprint density at radius 1 is 1.11 bits per heavy atom. The monoisotopic (exact) mass is 377 g/mol. The molecule has 1 heterocycles. The summed E-state index contributed by atoms with van der Waals surface area (Å²) in [4.78, 5) is 17.2. The van der Waals surface area contributed by atoms with E-state index in [4.69, 9.17) is 4.74 Å². The molecule has 1 aromatic heterocycles. The fourth-order valence-electron chi connectivity index (χ4n) is 3.18. The number of anilines is 1. The highest BCUT2D eigenvalue weighted by molar-refractivity contribution is 5.98. The largest absolute Gasteiger partial charge is 0.478 e. The molecule has 0 fully saturated rings. The first-order valence-electron chi connectivity index (χ1n) is 9.70. The van der Waals surface area contributed by atoms with Gasteiger partial charge in [-0.25, -0.2) is 4.98 Å². The van der Waals surface area contributed by atoms with E-state index in [1.165, 1.54) is 5.56 Å². The number of hydrogen-bond acceptors (Lipinski definition) is 4. The Hall–Kier alpha value is -3.08. The van der Waals surface area contributed by atoms with Gasteiger partial charge in [0, 0.05) is 29.2 Å². The van der Waals surface area contributed by atoms with E-state index in [0.29, 0.717) is 18.1 Å². The fraction of sp³-hybridized carbons (Fsp3) is 0.304. The van der Waals surface area contributed by atoms with Crippen molar-refractivity contribution in [1.82, 2.24) is 10.3 Å². The molecule has 3 rings (SSSR count). The molecule has 0 bridgehead atoms. The van der Waals surface area contributed by atoms with E-state index in [1.807, 2.05) is 38.1 Å². The van der Waals surface area contributed by atoms with Crippen LogP contribution in [0.15, 0.2) is 48.5 Å². The number of pyridine rings is 1. The molecular formula is C23H27N3O2. The van der Waals surface area contributed by atoms with Crippen molar-refractivity contribution in [3.8, 4) is 5.88 Å². The van der Waals surface area contributed by atoms with E-state index in [2.05, 4.69) is 47.7 Å². The summed E-state index contributed by atoms with van der Waals surface area (Å²) < 4.78 is 5.43. The molecule has 5 nitrogen and oxygen atoms in total. The van der Waals surface area contributed by atoms with E-state index < -0.39 is 0 Å². The zero-order valence-corrected chi connectivity index (χ0v) is 16.9. The zero-order valence-electron chi connectivity index (χ0n) is 16.9. The average molecular weight is 377 g/mol. The zero-order chi connectivity index (χ0) is 20.1. The number of aromatic nitrogens is 1. The van der Waals surface area contributed by atoms with Gasteiger partial charge < -0.3 is 15.4 Å². The lowest BCUT2D eigenvalue weighted by Crippen LogP contribution is -2.26. The summed E-state index contributed by atoms with van der Waals surface area (Å²) >= 11 is 0. The van der Waals surface area contributed by atoms with E-state index in [9.17, 15) is 4.79 Å². The summed E-state index contributed by atoms with van der Waals surface area (Å²) in [6, 6.07) is 15.4. The highest BCUT2D eigenvalue weighted by atomic mass is 16.5. The molecule has 0 radical (unpaired) electrons. The van der Waals surface area contributed by atoms with Gasteiger partial charge in [0.25, 0.3) is 5.91 Å². The molecule has 0 unspecified atom stereocenters.